The van der Waals surface area contributed by atoms with Gasteiger partial charge in [0.25, 0.3) is 0 Å². The number of aryl methyl sites for hydroxylation is 1. The lowest BCUT2D eigenvalue weighted by Crippen LogP contribution is -2.07. The number of nitrogens with two attached hydrogens (primary N) is 1. The molecule has 2 N–H and O–H groups in total. The first-order chi connectivity index (χ1) is 9.02. The molecule has 1 heterocycles. The van der Waals surface area contributed by atoms with Crippen molar-refractivity contribution in [3.8, 4) is 22.8 Å². The highest BCUT2D eigenvalue weighted by atomic mass is 16.5. The van der Waals surface area contributed by atoms with Gasteiger partial charge in [-0.1, -0.05) is 6.07 Å². The molecule has 5 heteroatoms. The maximum absolute atomic E-state index is 5.84. The van der Waals surface area contributed by atoms with Crippen LogP contribution in [0.3, 0.4) is 0 Å². The fourth-order valence-corrected chi connectivity index (χ4v) is 1.89. The molecule has 0 spiro atoms. The van der Waals surface area contributed by atoms with Gasteiger partial charge in [-0.25, -0.2) is 0 Å². The minimum atomic E-state index is 0.0758. The molecule has 5 nitrogen and oxygen atoms in total. The van der Waals surface area contributed by atoms with Gasteiger partial charge in [0.2, 0.25) is 0 Å². The highest BCUT2D eigenvalue weighted by Gasteiger charge is 2.17. The molecule has 0 aliphatic heterocycles. The third-order valence-corrected chi connectivity index (χ3v) is 2.74. The Kier molecular flexibility index (Phi) is 3.64. The Morgan fingerprint density at radius 3 is 2.47 bits per heavy atom. The number of benzene rings is 1. The first-order valence-corrected chi connectivity index (χ1v) is 6.16. The van der Waals surface area contributed by atoms with Crippen LogP contribution in [-0.2, 0) is 7.05 Å². The van der Waals surface area contributed by atoms with Crippen molar-refractivity contribution in [2.75, 3.05) is 12.8 Å². The summed E-state index contributed by atoms with van der Waals surface area (Å²) in [7, 11) is 3.43. The van der Waals surface area contributed by atoms with Crippen molar-refractivity contribution in [2.24, 2.45) is 7.05 Å². The summed E-state index contributed by atoms with van der Waals surface area (Å²) in [4.78, 5) is 0. The van der Waals surface area contributed by atoms with E-state index in [0.29, 0.717) is 5.82 Å². The van der Waals surface area contributed by atoms with Crippen LogP contribution in [0.4, 0.5) is 5.82 Å². The van der Waals surface area contributed by atoms with Gasteiger partial charge in [-0.3, -0.25) is 4.68 Å². The Balaban J connectivity index is 2.57. The minimum Gasteiger partial charge on any atom is -0.496 e. The van der Waals surface area contributed by atoms with E-state index < -0.39 is 0 Å². The fraction of sp³-hybridized carbons (Fsp3) is 0.357. The molecule has 0 bridgehead atoms. The third kappa shape index (κ3) is 2.65. The van der Waals surface area contributed by atoms with Gasteiger partial charge >= 0.3 is 0 Å². The Hall–Kier alpha value is -2.17. The van der Waals surface area contributed by atoms with E-state index in [9.17, 15) is 0 Å². The van der Waals surface area contributed by atoms with Crippen molar-refractivity contribution in [1.82, 2.24) is 9.78 Å². The lowest BCUT2D eigenvalue weighted by Gasteiger charge is -2.15. The molecule has 0 aliphatic rings. The summed E-state index contributed by atoms with van der Waals surface area (Å²) >= 11 is 0. The smallest absolute Gasteiger partial charge is 0.132 e. The van der Waals surface area contributed by atoms with Gasteiger partial charge in [-0.2, -0.15) is 5.10 Å². The summed E-state index contributed by atoms with van der Waals surface area (Å²) in [6.07, 6.45) is 0.0758. The van der Waals surface area contributed by atoms with E-state index in [2.05, 4.69) is 5.10 Å². The van der Waals surface area contributed by atoms with E-state index >= 15 is 0 Å². The zero-order valence-corrected chi connectivity index (χ0v) is 11.7. The molecule has 0 unspecified atom stereocenters. The molecule has 2 rings (SSSR count). The molecule has 0 atom stereocenters. The lowest BCUT2D eigenvalue weighted by molar-refractivity contribution is 0.242. The summed E-state index contributed by atoms with van der Waals surface area (Å²) in [5, 5.41) is 4.39. The highest BCUT2D eigenvalue weighted by Crippen LogP contribution is 2.38. The van der Waals surface area contributed by atoms with Crippen LogP contribution in [0.5, 0.6) is 11.5 Å². The highest BCUT2D eigenvalue weighted by molar-refractivity contribution is 5.75. The fourth-order valence-electron chi connectivity index (χ4n) is 1.89. The summed E-state index contributed by atoms with van der Waals surface area (Å²) in [5.74, 6) is 2.06. The number of rotatable bonds is 4. The maximum Gasteiger partial charge on any atom is 0.132 e. The second-order valence-corrected chi connectivity index (χ2v) is 4.58. The molecule has 0 saturated carbocycles. The number of hydrogen-bond donors (Lipinski definition) is 1. The molecular formula is C14H19N3O2. The molecule has 102 valence electrons. The quantitative estimate of drug-likeness (QED) is 0.918. The minimum absolute atomic E-state index is 0.0758. The van der Waals surface area contributed by atoms with E-state index in [1.165, 1.54) is 0 Å². The molecule has 1 aromatic heterocycles. The van der Waals surface area contributed by atoms with Gasteiger partial charge in [0.05, 0.1) is 18.8 Å². The second kappa shape index (κ2) is 5.22. The SMILES string of the molecule is COc1cccc(OC(C)C)c1-c1cc(N)n(C)n1. The van der Waals surface area contributed by atoms with E-state index in [1.54, 1.807) is 18.8 Å². The summed E-state index contributed by atoms with van der Waals surface area (Å²) in [6.45, 7) is 3.96. The molecule has 0 radical (unpaired) electrons. The zero-order valence-electron chi connectivity index (χ0n) is 11.7. The van der Waals surface area contributed by atoms with Crippen LogP contribution < -0.4 is 15.2 Å². The number of methoxy groups -OCH3 is 1. The predicted molar refractivity (Wildman–Crippen MR) is 75.4 cm³/mol. The van der Waals surface area contributed by atoms with Crippen LogP contribution in [0.25, 0.3) is 11.3 Å². The number of hydrogen-bond acceptors (Lipinski definition) is 4. The topological polar surface area (TPSA) is 62.3 Å². The number of nitrogens with zero attached hydrogens (tertiary/aromatic N) is 2. The summed E-state index contributed by atoms with van der Waals surface area (Å²) in [6, 6.07) is 7.49. The van der Waals surface area contributed by atoms with E-state index in [0.717, 1.165) is 22.8 Å². The van der Waals surface area contributed by atoms with Crippen molar-refractivity contribution in [3.63, 3.8) is 0 Å². The Labute approximate surface area is 112 Å². The zero-order chi connectivity index (χ0) is 14.0. The van der Waals surface area contributed by atoms with Crippen LogP contribution in [-0.4, -0.2) is 23.0 Å². The summed E-state index contributed by atoms with van der Waals surface area (Å²) in [5.41, 5.74) is 7.41. The number of anilines is 1. The standard InChI is InChI=1S/C14H19N3O2/c1-9(2)19-12-7-5-6-11(18-4)14(12)10-8-13(15)17(3)16-10/h5-9H,15H2,1-4H3. The third-order valence-electron chi connectivity index (χ3n) is 2.74. The average Bonchev–Trinajstić information content (AvgIpc) is 2.68. The number of aromatic nitrogens is 2. The molecule has 0 aliphatic carbocycles. The van der Waals surface area contributed by atoms with Crippen LogP contribution in [0.15, 0.2) is 24.3 Å². The van der Waals surface area contributed by atoms with Crippen molar-refractivity contribution < 1.29 is 9.47 Å². The lowest BCUT2D eigenvalue weighted by atomic mass is 10.1. The van der Waals surface area contributed by atoms with E-state index in [4.69, 9.17) is 15.2 Å². The largest absolute Gasteiger partial charge is 0.496 e. The monoisotopic (exact) mass is 261 g/mol. The normalized spacial score (nSPS) is 10.8. The van der Waals surface area contributed by atoms with Gasteiger partial charge in [-0.05, 0) is 26.0 Å². The molecule has 19 heavy (non-hydrogen) atoms. The van der Waals surface area contributed by atoms with Crippen molar-refractivity contribution >= 4 is 5.82 Å². The Morgan fingerprint density at radius 2 is 1.95 bits per heavy atom. The number of ether oxygens (including phenoxy) is 2. The summed E-state index contributed by atoms with van der Waals surface area (Å²) < 4.78 is 12.8. The molecule has 0 saturated heterocycles. The molecule has 0 fully saturated rings. The van der Waals surface area contributed by atoms with Crippen LogP contribution in [0.2, 0.25) is 0 Å². The van der Waals surface area contributed by atoms with E-state index in [-0.39, 0.29) is 6.10 Å². The molecule has 0 amide bonds. The van der Waals surface area contributed by atoms with Gasteiger partial charge in [-0.15, -0.1) is 0 Å². The van der Waals surface area contributed by atoms with Gasteiger partial charge < -0.3 is 15.2 Å². The van der Waals surface area contributed by atoms with Crippen LogP contribution in [0, 0.1) is 0 Å². The van der Waals surface area contributed by atoms with Crippen LogP contribution >= 0.6 is 0 Å². The molecule has 2 aromatic rings. The predicted octanol–water partition coefficient (Wildman–Crippen LogP) is 2.47. The van der Waals surface area contributed by atoms with Crippen LogP contribution in [0.1, 0.15) is 13.8 Å². The average molecular weight is 261 g/mol. The first-order valence-electron chi connectivity index (χ1n) is 6.16. The molecule has 1 aromatic carbocycles. The van der Waals surface area contributed by atoms with Gasteiger partial charge in [0, 0.05) is 13.1 Å². The van der Waals surface area contributed by atoms with Crippen molar-refractivity contribution in [2.45, 2.75) is 20.0 Å². The Bertz CT molecular complexity index is 557. The number of nitrogen functional groups attached to an aromatic ring is 1. The maximum atomic E-state index is 5.84. The van der Waals surface area contributed by atoms with Crippen molar-refractivity contribution in [1.29, 1.82) is 0 Å². The Morgan fingerprint density at radius 1 is 1.26 bits per heavy atom. The first kappa shape index (κ1) is 13.3. The van der Waals surface area contributed by atoms with Gasteiger partial charge in [0.15, 0.2) is 0 Å². The molecular weight excluding hydrogens is 242 g/mol. The second-order valence-electron chi connectivity index (χ2n) is 4.58. The van der Waals surface area contributed by atoms with E-state index in [1.807, 2.05) is 38.1 Å². The van der Waals surface area contributed by atoms with Crippen molar-refractivity contribution in [3.05, 3.63) is 24.3 Å². The van der Waals surface area contributed by atoms with Gasteiger partial charge in [0.1, 0.15) is 23.0 Å².